The van der Waals surface area contributed by atoms with Gasteiger partial charge in [-0.3, -0.25) is 9.78 Å². The summed E-state index contributed by atoms with van der Waals surface area (Å²) in [6.45, 7) is 1.49. The van der Waals surface area contributed by atoms with E-state index in [0.29, 0.717) is 38.5 Å². The van der Waals surface area contributed by atoms with E-state index in [1.165, 1.54) is 19.3 Å². The van der Waals surface area contributed by atoms with Gasteiger partial charge in [-0.2, -0.15) is 0 Å². The number of hydrogen-bond acceptors (Lipinski definition) is 4. The number of nitrogens with zero attached hydrogens (tertiary/aromatic N) is 2. The smallest absolute Gasteiger partial charge is 0.165 e. The number of hydrogen-bond donors (Lipinski definition) is 0. The van der Waals surface area contributed by atoms with Crippen molar-refractivity contribution in [2.45, 2.75) is 25.7 Å². The summed E-state index contributed by atoms with van der Waals surface area (Å²) in [5, 5.41) is 4.70. The molecule has 1 aliphatic rings. The molecule has 0 unspecified atom stereocenters. The van der Waals surface area contributed by atoms with Crippen LogP contribution in [0, 0.1) is 0 Å². The second-order valence-corrected chi connectivity index (χ2v) is 5.39. The maximum atomic E-state index is 11.9. The Morgan fingerprint density at radius 1 is 1.32 bits per heavy atom. The number of halogens is 2. The molecule has 0 aromatic carbocycles. The van der Waals surface area contributed by atoms with Crippen LogP contribution in [-0.2, 0) is 0 Å². The first kappa shape index (κ1) is 12.6. The molecule has 0 aliphatic heterocycles. The fourth-order valence-corrected chi connectivity index (χ4v) is 2.62. The molecule has 0 atom stereocenters. The highest BCUT2D eigenvalue weighted by Gasteiger charge is 2.35. The third kappa shape index (κ3) is 2.15. The number of pyridine rings is 1. The standard InChI is InChI=1S/C13H10Cl2N2O2/c1-6(18)10-12(17-19-13(10)7-2-3-7)11-8(14)4-16-5-9(11)15/h4-5,7H,2-3H2,1H3. The van der Waals surface area contributed by atoms with Crippen LogP contribution in [0.1, 0.15) is 41.8 Å². The van der Waals surface area contributed by atoms with Gasteiger partial charge in [-0.05, 0) is 19.8 Å². The monoisotopic (exact) mass is 296 g/mol. The number of ketones is 1. The number of carbonyl (C=O) groups excluding carboxylic acids is 1. The summed E-state index contributed by atoms with van der Waals surface area (Å²) in [6.07, 6.45) is 4.98. The summed E-state index contributed by atoms with van der Waals surface area (Å²) in [5.41, 5.74) is 1.39. The molecule has 4 nitrogen and oxygen atoms in total. The van der Waals surface area contributed by atoms with E-state index in [4.69, 9.17) is 27.7 Å². The SMILES string of the molecule is CC(=O)c1c(-c2c(Cl)cncc2Cl)noc1C1CC1. The van der Waals surface area contributed by atoms with Gasteiger partial charge in [0.25, 0.3) is 0 Å². The number of Topliss-reactive ketones (excluding diaryl/α,β-unsaturated/α-hetero) is 1. The molecule has 1 saturated carbocycles. The van der Waals surface area contributed by atoms with Gasteiger partial charge in [0.15, 0.2) is 11.5 Å². The van der Waals surface area contributed by atoms with Crippen LogP contribution in [0.25, 0.3) is 11.3 Å². The Labute approximate surface area is 119 Å². The highest BCUT2D eigenvalue weighted by molar-refractivity contribution is 6.39. The normalized spacial score (nSPS) is 14.7. The predicted molar refractivity (Wildman–Crippen MR) is 71.7 cm³/mol. The van der Waals surface area contributed by atoms with Crippen molar-refractivity contribution in [2.75, 3.05) is 0 Å². The molecule has 0 N–H and O–H groups in total. The van der Waals surface area contributed by atoms with Crippen LogP contribution >= 0.6 is 23.2 Å². The van der Waals surface area contributed by atoms with Crippen molar-refractivity contribution in [3.8, 4) is 11.3 Å². The van der Waals surface area contributed by atoms with E-state index >= 15 is 0 Å². The van der Waals surface area contributed by atoms with Gasteiger partial charge in [-0.1, -0.05) is 28.4 Å². The molecule has 0 spiro atoms. The van der Waals surface area contributed by atoms with E-state index in [0.717, 1.165) is 12.8 Å². The largest absolute Gasteiger partial charge is 0.360 e. The number of aromatic nitrogens is 2. The van der Waals surface area contributed by atoms with Crippen LogP contribution in [0.2, 0.25) is 10.0 Å². The van der Waals surface area contributed by atoms with Crippen molar-refractivity contribution >= 4 is 29.0 Å². The van der Waals surface area contributed by atoms with Crippen LogP contribution in [0.5, 0.6) is 0 Å². The van der Waals surface area contributed by atoms with Crippen LogP contribution in [-0.4, -0.2) is 15.9 Å². The molecule has 0 bridgehead atoms. The van der Waals surface area contributed by atoms with E-state index in [2.05, 4.69) is 10.1 Å². The molecule has 0 amide bonds. The van der Waals surface area contributed by atoms with Gasteiger partial charge in [0, 0.05) is 23.9 Å². The third-order valence-corrected chi connectivity index (χ3v) is 3.68. The van der Waals surface area contributed by atoms with Crippen LogP contribution in [0.4, 0.5) is 0 Å². The van der Waals surface area contributed by atoms with Gasteiger partial charge in [-0.25, -0.2) is 0 Å². The average Bonchev–Trinajstić information content (AvgIpc) is 3.09. The van der Waals surface area contributed by atoms with Gasteiger partial charge in [0.1, 0.15) is 5.69 Å². The second-order valence-electron chi connectivity index (χ2n) is 4.58. The molecule has 3 rings (SSSR count). The molecule has 0 saturated heterocycles. The van der Waals surface area contributed by atoms with E-state index in [1.54, 1.807) is 0 Å². The Bertz CT molecular complexity index is 642. The molecule has 19 heavy (non-hydrogen) atoms. The Morgan fingerprint density at radius 2 is 1.95 bits per heavy atom. The highest BCUT2D eigenvalue weighted by atomic mass is 35.5. The lowest BCUT2D eigenvalue weighted by molar-refractivity contribution is 0.101. The molecule has 6 heteroatoms. The van der Waals surface area contributed by atoms with E-state index in [-0.39, 0.29) is 5.78 Å². The minimum absolute atomic E-state index is 0.0953. The quantitative estimate of drug-likeness (QED) is 0.799. The van der Waals surface area contributed by atoms with Gasteiger partial charge in [0.2, 0.25) is 0 Å². The number of carbonyl (C=O) groups is 1. The molecule has 0 radical (unpaired) electrons. The zero-order valence-corrected chi connectivity index (χ0v) is 11.6. The Morgan fingerprint density at radius 3 is 2.47 bits per heavy atom. The maximum absolute atomic E-state index is 11.9. The lowest BCUT2D eigenvalue weighted by atomic mass is 10.0. The molecule has 2 aromatic rings. The van der Waals surface area contributed by atoms with Crippen molar-refractivity contribution in [2.24, 2.45) is 0 Å². The van der Waals surface area contributed by atoms with E-state index in [9.17, 15) is 4.79 Å². The molecule has 2 aromatic heterocycles. The van der Waals surface area contributed by atoms with Gasteiger partial charge in [-0.15, -0.1) is 0 Å². The molecule has 98 valence electrons. The van der Waals surface area contributed by atoms with Crippen LogP contribution in [0.3, 0.4) is 0 Å². The first-order valence-corrected chi connectivity index (χ1v) is 6.65. The lowest BCUT2D eigenvalue weighted by Crippen LogP contribution is -1.98. The summed E-state index contributed by atoms with van der Waals surface area (Å²) >= 11 is 12.2. The Kier molecular flexibility index (Phi) is 3.07. The maximum Gasteiger partial charge on any atom is 0.165 e. The fraction of sp³-hybridized carbons (Fsp3) is 0.308. The second kappa shape index (κ2) is 4.62. The fourth-order valence-electron chi connectivity index (χ4n) is 2.08. The minimum Gasteiger partial charge on any atom is -0.360 e. The average molecular weight is 297 g/mol. The zero-order valence-electron chi connectivity index (χ0n) is 10.1. The Hall–Kier alpha value is -1.39. The third-order valence-electron chi connectivity index (χ3n) is 3.11. The Balaban J connectivity index is 2.23. The molecule has 2 heterocycles. The van der Waals surface area contributed by atoms with Crippen molar-refractivity contribution < 1.29 is 9.32 Å². The topological polar surface area (TPSA) is 56.0 Å². The van der Waals surface area contributed by atoms with Crippen molar-refractivity contribution in [1.29, 1.82) is 0 Å². The van der Waals surface area contributed by atoms with Crippen LogP contribution < -0.4 is 0 Å². The first-order valence-electron chi connectivity index (χ1n) is 5.89. The summed E-state index contributed by atoms with van der Waals surface area (Å²) in [4.78, 5) is 15.8. The predicted octanol–water partition coefficient (Wildman–Crippen LogP) is 4.12. The lowest BCUT2D eigenvalue weighted by Gasteiger charge is -2.04. The molecular formula is C13H10Cl2N2O2. The number of rotatable bonds is 3. The minimum atomic E-state index is -0.0953. The van der Waals surface area contributed by atoms with E-state index in [1.807, 2.05) is 0 Å². The summed E-state index contributed by atoms with van der Waals surface area (Å²) in [5.74, 6) is 0.841. The molecule has 1 fully saturated rings. The van der Waals surface area contributed by atoms with Crippen molar-refractivity contribution in [1.82, 2.24) is 10.1 Å². The summed E-state index contributed by atoms with van der Waals surface area (Å²) in [6, 6.07) is 0. The first-order chi connectivity index (χ1) is 9.09. The van der Waals surface area contributed by atoms with Crippen molar-refractivity contribution in [3.05, 3.63) is 33.8 Å². The highest BCUT2D eigenvalue weighted by Crippen LogP contribution is 2.45. The van der Waals surface area contributed by atoms with Gasteiger partial charge < -0.3 is 4.52 Å². The van der Waals surface area contributed by atoms with Crippen LogP contribution in [0.15, 0.2) is 16.9 Å². The van der Waals surface area contributed by atoms with Gasteiger partial charge >= 0.3 is 0 Å². The summed E-state index contributed by atoms with van der Waals surface area (Å²) < 4.78 is 5.34. The molecule has 1 aliphatic carbocycles. The van der Waals surface area contributed by atoms with Gasteiger partial charge in [0.05, 0.1) is 15.6 Å². The molecular weight excluding hydrogens is 287 g/mol. The summed E-state index contributed by atoms with van der Waals surface area (Å²) in [7, 11) is 0. The van der Waals surface area contributed by atoms with Crippen molar-refractivity contribution in [3.63, 3.8) is 0 Å². The van der Waals surface area contributed by atoms with E-state index < -0.39 is 0 Å². The zero-order chi connectivity index (χ0) is 13.6.